The van der Waals surface area contributed by atoms with E-state index in [0.29, 0.717) is 11.8 Å². The molecule has 2 aliphatic rings. The molecule has 0 bridgehead atoms. The standard InChI is InChI=1S/2C20H26N6O2S.C2H6/c2*1-12(2)17-21-20(29-24-17)19-23-22-18-13(3)25(8-9-26(18)19)11-14-6-7-15(27-4)10-16(14)28-5;1-2/h2*6-7,10,12-13H,8-9,11H2,1-5H3;1-2H3/t2*13-;/m10./s1. The largest absolute Gasteiger partial charge is 0.497 e. The van der Waals surface area contributed by atoms with Gasteiger partial charge >= 0.3 is 0 Å². The van der Waals surface area contributed by atoms with Crippen molar-refractivity contribution in [2.45, 2.75) is 105 Å². The first kappa shape index (κ1) is 44.5. The quantitative estimate of drug-likeness (QED) is 0.116. The molecule has 6 heterocycles. The Balaban J connectivity index is 0.000000193. The third-order valence-corrected chi connectivity index (χ3v) is 12.1. The van der Waals surface area contributed by atoms with Gasteiger partial charge in [-0.2, -0.15) is 8.75 Å². The minimum Gasteiger partial charge on any atom is -0.497 e. The number of fused-ring (bicyclic) bond motifs is 2. The number of nitrogens with zero attached hydrogens (tertiary/aromatic N) is 12. The minimum absolute atomic E-state index is 0.134. The summed E-state index contributed by atoms with van der Waals surface area (Å²) in [5, 5.41) is 19.5. The summed E-state index contributed by atoms with van der Waals surface area (Å²) >= 11 is 2.79. The zero-order valence-electron chi connectivity index (χ0n) is 36.8. The topological polar surface area (TPSA) is 156 Å². The van der Waals surface area contributed by atoms with Crippen molar-refractivity contribution in [3.05, 3.63) is 70.8 Å². The molecule has 8 rings (SSSR count). The Labute approximate surface area is 361 Å². The van der Waals surface area contributed by atoms with Crippen LogP contribution in [0.1, 0.15) is 114 Å². The molecule has 0 N–H and O–H groups in total. The molecule has 60 heavy (non-hydrogen) atoms. The van der Waals surface area contributed by atoms with E-state index in [2.05, 4.69) is 112 Å². The maximum absolute atomic E-state index is 5.56. The monoisotopic (exact) mass is 858 g/mol. The fourth-order valence-corrected chi connectivity index (χ4v) is 8.73. The first-order valence-corrected chi connectivity index (χ1v) is 22.0. The van der Waals surface area contributed by atoms with Crippen LogP contribution in [-0.4, -0.2) is 99.6 Å². The lowest BCUT2D eigenvalue weighted by Gasteiger charge is -2.33. The lowest BCUT2D eigenvalue weighted by molar-refractivity contribution is 0.155. The van der Waals surface area contributed by atoms with Crippen molar-refractivity contribution in [2.24, 2.45) is 0 Å². The Bertz CT molecular complexity index is 2160. The van der Waals surface area contributed by atoms with E-state index in [-0.39, 0.29) is 12.1 Å². The number of ether oxygens (including phenoxy) is 4. The number of benzene rings is 2. The van der Waals surface area contributed by atoms with E-state index in [9.17, 15) is 0 Å². The number of rotatable bonds is 12. The highest BCUT2D eigenvalue weighted by Gasteiger charge is 2.32. The summed E-state index contributed by atoms with van der Waals surface area (Å²) in [6, 6.07) is 12.2. The average molecular weight is 859 g/mol. The minimum atomic E-state index is 0.134. The summed E-state index contributed by atoms with van der Waals surface area (Å²) in [4.78, 5) is 14.1. The zero-order chi connectivity index (χ0) is 43.1. The van der Waals surface area contributed by atoms with Crippen LogP contribution in [0.15, 0.2) is 36.4 Å². The van der Waals surface area contributed by atoms with Gasteiger partial charge in [0.25, 0.3) is 0 Å². The van der Waals surface area contributed by atoms with E-state index in [1.165, 1.54) is 23.1 Å². The Kier molecular flexibility index (Phi) is 14.8. The summed E-state index contributed by atoms with van der Waals surface area (Å²) in [5.41, 5.74) is 2.25. The molecule has 2 aliphatic heterocycles. The van der Waals surface area contributed by atoms with Gasteiger partial charge in [-0.15, -0.1) is 20.4 Å². The van der Waals surface area contributed by atoms with Crippen LogP contribution in [0.5, 0.6) is 23.0 Å². The van der Waals surface area contributed by atoms with Crippen molar-refractivity contribution in [2.75, 3.05) is 41.5 Å². The lowest BCUT2D eigenvalue weighted by Crippen LogP contribution is -2.36. The molecule has 2 aromatic carbocycles. The first-order valence-electron chi connectivity index (χ1n) is 20.5. The molecule has 2 atom stereocenters. The van der Waals surface area contributed by atoms with E-state index < -0.39 is 0 Å². The van der Waals surface area contributed by atoms with Crippen LogP contribution in [0.4, 0.5) is 0 Å². The van der Waals surface area contributed by atoms with Crippen LogP contribution in [0.3, 0.4) is 0 Å². The summed E-state index contributed by atoms with van der Waals surface area (Å²) in [6.45, 7) is 21.7. The normalized spacial score (nSPS) is 16.4. The van der Waals surface area contributed by atoms with Crippen molar-refractivity contribution in [3.8, 4) is 44.7 Å². The Hall–Kier alpha value is -5.04. The Morgan fingerprint density at radius 1 is 0.583 bits per heavy atom. The van der Waals surface area contributed by atoms with Crippen LogP contribution < -0.4 is 18.9 Å². The molecule has 6 aromatic rings. The molecule has 0 unspecified atom stereocenters. The molecular formula is C42H58N12O4S2. The van der Waals surface area contributed by atoms with Gasteiger partial charge in [-0.3, -0.25) is 9.80 Å². The summed E-state index contributed by atoms with van der Waals surface area (Å²) < 4.78 is 35.0. The fourth-order valence-electron chi connectivity index (χ4n) is 7.13. The molecule has 0 radical (unpaired) electrons. The van der Waals surface area contributed by atoms with Gasteiger partial charge in [-0.1, -0.05) is 53.7 Å². The molecule has 16 nitrogen and oxygen atoms in total. The van der Waals surface area contributed by atoms with Crippen molar-refractivity contribution >= 4 is 23.1 Å². The molecule has 0 aliphatic carbocycles. The number of hydrogen-bond acceptors (Lipinski definition) is 16. The Morgan fingerprint density at radius 2 is 0.983 bits per heavy atom. The molecule has 0 amide bonds. The third kappa shape index (κ3) is 9.46. The number of methoxy groups -OCH3 is 4. The van der Waals surface area contributed by atoms with Gasteiger partial charge < -0.3 is 28.1 Å². The van der Waals surface area contributed by atoms with E-state index in [4.69, 9.17) is 18.9 Å². The highest BCUT2D eigenvalue weighted by Crippen LogP contribution is 2.35. The van der Waals surface area contributed by atoms with Crippen molar-refractivity contribution in [3.63, 3.8) is 0 Å². The van der Waals surface area contributed by atoms with Gasteiger partial charge in [0.2, 0.25) is 0 Å². The van der Waals surface area contributed by atoms with Gasteiger partial charge in [0.05, 0.1) is 40.5 Å². The smallest absolute Gasteiger partial charge is 0.194 e. The van der Waals surface area contributed by atoms with Crippen LogP contribution in [0.2, 0.25) is 0 Å². The summed E-state index contributed by atoms with van der Waals surface area (Å²) in [5.74, 6) is 9.13. The molecule has 322 valence electrons. The van der Waals surface area contributed by atoms with E-state index in [0.717, 1.165) is 118 Å². The summed E-state index contributed by atoms with van der Waals surface area (Å²) in [7, 11) is 6.70. The highest BCUT2D eigenvalue weighted by atomic mass is 32.1. The van der Waals surface area contributed by atoms with Gasteiger partial charge in [0, 0.05) is 74.4 Å². The van der Waals surface area contributed by atoms with Crippen molar-refractivity contribution in [1.29, 1.82) is 0 Å². The molecule has 0 saturated heterocycles. The van der Waals surface area contributed by atoms with Gasteiger partial charge in [-0.25, -0.2) is 9.97 Å². The van der Waals surface area contributed by atoms with Crippen LogP contribution >= 0.6 is 23.1 Å². The molecule has 18 heteroatoms. The van der Waals surface area contributed by atoms with Crippen LogP contribution in [0.25, 0.3) is 21.7 Å². The molecule has 0 fully saturated rings. The highest BCUT2D eigenvalue weighted by molar-refractivity contribution is 7.09. The summed E-state index contributed by atoms with van der Waals surface area (Å²) in [6.07, 6.45) is 0. The number of hydrogen-bond donors (Lipinski definition) is 0. The van der Waals surface area contributed by atoms with E-state index in [1.807, 2.05) is 38.1 Å². The van der Waals surface area contributed by atoms with E-state index in [1.54, 1.807) is 28.4 Å². The maximum Gasteiger partial charge on any atom is 0.194 e. The van der Waals surface area contributed by atoms with Gasteiger partial charge in [0.15, 0.2) is 33.3 Å². The van der Waals surface area contributed by atoms with Crippen LogP contribution in [-0.2, 0) is 26.2 Å². The zero-order valence-corrected chi connectivity index (χ0v) is 38.5. The van der Waals surface area contributed by atoms with E-state index >= 15 is 0 Å². The molecule has 0 saturated carbocycles. The van der Waals surface area contributed by atoms with Crippen molar-refractivity contribution < 1.29 is 18.9 Å². The fraction of sp³-hybridized carbons (Fsp3) is 0.524. The Morgan fingerprint density at radius 3 is 1.32 bits per heavy atom. The van der Waals surface area contributed by atoms with Crippen molar-refractivity contribution in [1.82, 2.24) is 58.0 Å². The predicted octanol–water partition coefficient (Wildman–Crippen LogP) is 8.05. The molecular weight excluding hydrogens is 801 g/mol. The SMILES string of the molecule is CC.COc1ccc(CN2CCn3c(-c4nc(C(C)C)ns4)nnc3[C@@H]2C)c(OC)c1.COc1ccc(CN2CCn3c(-c4nc(C(C)C)ns4)nnc3[C@H]2C)c(OC)c1. The van der Waals surface area contributed by atoms with Crippen LogP contribution in [0, 0.1) is 0 Å². The second-order valence-corrected chi connectivity index (χ2v) is 16.4. The maximum atomic E-state index is 5.56. The van der Waals surface area contributed by atoms with Gasteiger partial charge in [0.1, 0.15) is 34.6 Å². The molecule has 4 aromatic heterocycles. The third-order valence-electron chi connectivity index (χ3n) is 10.7. The number of aromatic nitrogens is 10. The lowest BCUT2D eigenvalue weighted by atomic mass is 10.1. The second-order valence-electron chi connectivity index (χ2n) is 14.9. The second kappa shape index (κ2) is 20.0. The predicted molar refractivity (Wildman–Crippen MR) is 234 cm³/mol. The molecule has 0 spiro atoms. The van der Waals surface area contributed by atoms with Gasteiger partial charge in [-0.05, 0) is 49.0 Å². The first-order chi connectivity index (χ1) is 29.0. The average Bonchev–Trinajstić information content (AvgIpc) is 4.10.